The van der Waals surface area contributed by atoms with Crippen LogP contribution in [0, 0.1) is 0 Å². The normalized spacial score (nSPS) is 17.1. The van der Waals surface area contributed by atoms with Gasteiger partial charge in [0.05, 0.1) is 0 Å². The van der Waals surface area contributed by atoms with Gasteiger partial charge in [0, 0.05) is 24.5 Å². The van der Waals surface area contributed by atoms with E-state index in [-0.39, 0.29) is 5.95 Å². The molecule has 74 valence electrons. The number of nitrogens with two attached hydrogens (primary N) is 1. The average Bonchev–Trinajstić information content (AvgIpc) is 2.29. The Bertz CT molecular complexity index is 501. The van der Waals surface area contributed by atoms with E-state index in [4.69, 9.17) is 5.73 Å². The molecule has 1 aromatic rings. The van der Waals surface area contributed by atoms with Crippen LogP contribution in [0.3, 0.4) is 0 Å². The van der Waals surface area contributed by atoms with Crippen molar-refractivity contribution in [3.05, 3.63) is 30.1 Å². The first-order valence-corrected chi connectivity index (χ1v) is 4.65. The highest BCUT2D eigenvalue weighted by Gasteiger charge is 2.20. The van der Waals surface area contributed by atoms with Crippen LogP contribution in [0.4, 0.5) is 11.8 Å². The zero-order valence-electron chi connectivity index (χ0n) is 7.96. The smallest absolute Gasteiger partial charge is 0.221 e. The second-order valence-corrected chi connectivity index (χ2v) is 3.32. The van der Waals surface area contributed by atoms with Crippen LogP contribution in [0.5, 0.6) is 0 Å². The van der Waals surface area contributed by atoms with Gasteiger partial charge in [0.25, 0.3) is 0 Å². The van der Waals surface area contributed by atoms with Crippen molar-refractivity contribution < 1.29 is 0 Å². The van der Waals surface area contributed by atoms with E-state index >= 15 is 0 Å². The van der Waals surface area contributed by atoms with Crippen molar-refractivity contribution in [2.24, 2.45) is 4.99 Å². The van der Waals surface area contributed by atoms with E-state index in [1.54, 1.807) is 12.4 Å². The van der Waals surface area contributed by atoms with E-state index in [9.17, 15) is 0 Å². The summed E-state index contributed by atoms with van der Waals surface area (Å²) in [5.41, 5.74) is 6.54. The number of anilines is 2. The Morgan fingerprint density at radius 3 is 3.20 bits per heavy atom. The fourth-order valence-corrected chi connectivity index (χ4v) is 1.67. The summed E-state index contributed by atoms with van der Waals surface area (Å²) in [7, 11) is 0. The van der Waals surface area contributed by atoms with Gasteiger partial charge < -0.3 is 10.6 Å². The molecule has 0 aliphatic carbocycles. The highest BCUT2D eigenvalue weighted by Crippen LogP contribution is 2.25. The molecule has 0 saturated carbocycles. The standard InChI is InChI=1S/C10H9N5/c11-10-13-6-7-2-3-8-12-4-1-5-15(8)9(7)14-10/h1-4,6H,5H2,(H2,11,13,14). The Morgan fingerprint density at radius 1 is 1.33 bits per heavy atom. The van der Waals surface area contributed by atoms with E-state index in [0.717, 1.165) is 23.8 Å². The van der Waals surface area contributed by atoms with Gasteiger partial charge in [-0.15, -0.1) is 0 Å². The lowest BCUT2D eigenvalue weighted by Gasteiger charge is -2.28. The summed E-state index contributed by atoms with van der Waals surface area (Å²) in [6.07, 6.45) is 9.40. The van der Waals surface area contributed by atoms with Crippen molar-refractivity contribution in [2.75, 3.05) is 17.2 Å². The predicted octanol–water partition coefficient (Wildman–Crippen LogP) is 0.818. The fraction of sp³-hybridized carbons (Fsp3) is 0.100. The van der Waals surface area contributed by atoms with Crippen LogP contribution in [0.2, 0.25) is 0 Å². The molecule has 5 heteroatoms. The molecular formula is C10H9N5. The topological polar surface area (TPSA) is 67.4 Å². The minimum Gasteiger partial charge on any atom is -0.368 e. The minimum atomic E-state index is 0.290. The van der Waals surface area contributed by atoms with Crippen LogP contribution in [-0.4, -0.2) is 22.3 Å². The zero-order valence-corrected chi connectivity index (χ0v) is 7.96. The maximum absolute atomic E-state index is 5.57. The molecule has 3 heterocycles. The van der Waals surface area contributed by atoms with Crippen molar-refractivity contribution >= 4 is 23.7 Å². The first-order chi connectivity index (χ1) is 7.34. The van der Waals surface area contributed by atoms with Gasteiger partial charge in [-0.3, -0.25) is 0 Å². The molecule has 0 bridgehead atoms. The van der Waals surface area contributed by atoms with Crippen molar-refractivity contribution in [3.8, 4) is 0 Å². The van der Waals surface area contributed by atoms with Gasteiger partial charge in [0.1, 0.15) is 11.7 Å². The zero-order chi connectivity index (χ0) is 10.3. The second-order valence-electron chi connectivity index (χ2n) is 3.32. The Balaban J connectivity index is 2.18. The monoisotopic (exact) mass is 199 g/mol. The number of nitrogen functional groups attached to an aromatic ring is 1. The van der Waals surface area contributed by atoms with Gasteiger partial charge >= 0.3 is 0 Å². The Labute approximate surface area is 86.7 Å². The number of hydrogen-bond acceptors (Lipinski definition) is 5. The van der Waals surface area contributed by atoms with Gasteiger partial charge in [0.2, 0.25) is 5.95 Å². The summed E-state index contributed by atoms with van der Waals surface area (Å²) >= 11 is 0. The van der Waals surface area contributed by atoms with Crippen LogP contribution in [0.15, 0.2) is 29.5 Å². The molecule has 0 amide bonds. The number of nitrogens with zero attached hydrogens (tertiary/aromatic N) is 4. The number of fused-ring (bicyclic) bond motifs is 3. The third-order valence-corrected chi connectivity index (χ3v) is 2.36. The molecule has 3 rings (SSSR count). The minimum absolute atomic E-state index is 0.290. The number of rotatable bonds is 0. The average molecular weight is 199 g/mol. The molecule has 1 aromatic heterocycles. The Morgan fingerprint density at radius 2 is 2.27 bits per heavy atom. The number of hydrogen-bond donors (Lipinski definition) is 1. The van der Waals surface area contributed by atoms with Crippen LogP contribution < -0.4 is 10.6 Å². The molecule has 2 aliphatic rings. The van der Waals surface area contributed by atoms with Crippen LogP contribution in [0.25, 0.3) is 6.08 Å². The first-order valence-electron chi connectivity index (χ1n) is 4.65. The van der Waals surface area contributed by atoms with Gasteiger partial charge in [-0.25, -0.2) is 9.98 Å². The van der Waals surface area contributed by atoms with Gasteiger partial charge in [-0.1, -0.05) is 0 Å². The predicted molar refractivity (Wildman–Crippen MR) is 59.4 cm³/mol. The number of aliphatic imine (C=N–C) groups is 1. The molecule has 0 aromatic carbocycles. The van der Waals surface area contributed by atoms with E-state index in [0.29, 0.717) is 0 Å². The third-order valence-electron chi connectivity index (χ3n) is 2.36. The highest BCUT2D eigenvalue weighted by molar-refractivity contribution is 6.12. The molecule has 0 saturated heterocycles. The molecule has 0 fully saturated rings. The summed E-state index contributed by atoms with van der Waals surface area (Å²) < 4.78 is 0. The summed E-state index contributed by atoms with van der Waals surface area (Å²) in [6.45, 7) is 0.770. The van der Waals surface area contributed by atoms with Crippen molar-refractivity contribution in [1.82, 2.24) is 9.97 Å². The van der Waals surface area contributed by atoms with Crippen LogP contribution >= 0.6 is 0 Å². The van der Waals surface area contributed by atoms with E-state index in [2.05, 4.69) is 15.0 Å². The lowest BCUT2D eigenvalue weighted by Crippen LogP contribution is -2.34. The number of aromatic nitrogens is 2. The van der Waals surface area contributed by atoms with Crippen molar-refractivity contribution in [3.63, 3.8) is 0 Å². The summed E-state index contributed by atoms with van der Waals surface area (Å²) in [5.74, 6) is 2.01. The van der Waals surface area contributed by atoms with Gasteiger partial charge in [0.15, 0.2) is 0 Å². The largest absolute Gasteiger partial charge is 0.368 e. The van der Waals surface area contributed by atoms with E-state index in [1.807, 2.05) is 23.1 Å². The Kier molecular flexibility index (Phi) is 1.58. The molecule has 0 radical (unpaired) electrons. The van der Waals surface area contributed by atoms with E-state index < -0.39 is 0 Å². The van der Waals surface area contributed by atoms with Gasteiger partial charge in [-0.2, -0.15) is 4.98 Å². The molecule has 0 unspecified atom stereocenters. The quantitative estimate of drug-likeness (QED) is 0.671. The van der Waals surface area contributed by atoms with E-state index in [1.165, 1.54) is 0 Å². The lowest BCUT2D eigenvalue weighted by atomic mass is 10.1. The summed E-state index contributed by atoms with van der Waals surface area (Å²) in [5, 5.41) is 0. The van der Waals surface area contributed by atoms with Crippen LogP contribution in [-0.2, 0) is 0 Å². The molecule has 2 N–H and O–H groups in total. The van der Waals surface area contributed by atoms with Crippen molar-refractivity contribution in [1.29, 1.82) is 0 Å². The second kappa shape index (κ2) is 2.91. The summed E-state index contributed by atoms with van der Waals surface area (Å²) in [4.78, 5) is 14.4. The molecule has 0 spiro atoms. The van der Waals surface area contributed by atoms with Crippen molar-refractivity contribution in [2.45, 2.75) is 0 Å². The molecule has 0 atom stereocenters. The fourth-order valence-electron chi connectivity index (χ4n) is 1.67. The maximum atomic E-state index is 5.57. The third kappa shape index (κ3) is 1.20. The maximum Gasteiger partial charge on any atom is 0.221 e. The molecule has 5 nitrogen and oxygen atoms in total. The molecular weight excluding hydrogens is 190 g/mol. The summed E-state index contributed by atoms with van der Waals surface area (Å²) in [6, 6.07) is 0. The Hall–Kier alpha value is -2.17. The number of amidine groups is 1. The highest BCUT2D eigenvalue weighted by atomic mass is 15.3. The molecule has 15 heavy (non-hydrogen) atoms. The lowest BCUT2D eigenvalue weighted by molar-refractivity contribution is 1.03. The first kappa shape index (κ1) is 8.16. The molecule has 2 aliphatic heterocycles. The van der Waals surface area contributed by atoms with Gasteiger partial charge in [-0.05, 0) is 18.2 Å². The SMILES string of the molecule is Nc1ncc2c(n1)N1CC=CN=C1C=C2. The van der Waals surface area contributed by atoms with Crippen LogP contribution in [0.1, 0.15) is 5.56 Å².